The molecule has 0 aromatic rings. The van der Waals surface area contributed by atoms with Crippen LogP contribution in [0.15, 0.2) is 36.0 Å². The summed E-state index contributed by atoms with van der Waals surface area (Å²) in [6.45, 7) is 12.3. The predicted octanol–water partition coefficient (Wildman–Crippen LogP) is 3.66. The summed E-state index contributed by atoms with van der Waals surface area (Å²) in [6.07, 6.45) is 10.6. The first-order chi connectivity index (χ1) is 16.5. The summed E-state index contributed by atoms with van der Waals surface area (Å²) in [4.78, 5) is 23.7. The highest BCUT2D eigenvalue weighted by atomic mass is 16.6. The van der Waals surface area contributed by atoms with Crippen molar-refractivity contribution in [2.75, 3.05) is 6.61 Å². The number of allylic oxidation sites excluding steroid dienone is 3. The molecule has 2 N–H and O–H groups in total. The van der Waals surface area contributed by atoms with Crippen LogP contribution < -0.4 is 5.32 Å². The number of epoxide rings is 1. The molecule has 0 aromatic heterocycles. The molecule has 3 aliphatic heterocycles. The Kier molecular flexibility index (Phi) is 9.49. The molecule has 0 aliphatic carbocycles. The summed E-state index contributed by atoms with van der Waals surface area (Å²) in [5, 5.41) is 13.8. The number of aliphatic hydroxyl groups excluding tert-OH is 1. The first kappa shape index (κ1) is 27.8. The lowest BCUT2D eigenvalue weighted by molar-refractivity contribution is -0.143. The molecular formula is C28H43NO6. The first-order valence-electron chi connectivity index (χ1n) is 12.9. The van der Waals surface area contributed by atoms with E-state index < -0.39 is 17.8 Å². The smallest absolute Gasteiger partial charge is 0.243 e. The molecule has 35 heavy (non-hydrogen) atoms. The van der Waals surface area contributed by atoms with Crippen molar-refractivity contribution in [2.24, 2.45) is 11.8 Å². The van der Waals surface area contributed by atoms with Gasteiger partial charge in [-0.25, -0.2) is 0 Å². The van der Waals surface area contributed by atoms with Crippen molar-refractivity contribution in [1.82, 2.24) is 5.32 Å². The van der Waals surface area contributed by atoms with E-state index in [1.54, 1.807) is 13.0 Å². The molecule has 0 aromatic carbocycles. The molecule has 7 nitrogen and oxygen atoms in total. The van der Waals surface area contributed by atoms with Crippen molar-refractivity contribution in [1.29, 1.82) is 0 Å². The number of carbonyl (C=O) groups is 2. The van der Waals surface area contributed by atoms with Crippen molar-refractivity contribution < 1.29 is 28.9 Å². The molecule has 3 saturated heterocycles. The quantitative estimate of drug-likeness (QED) is 0.291. The fourth-order valence-electron chi connectivity index (χ4n) is 4.96. The monoisotopic (exact) mass is 489 g/mol. The lowest BCUT2D eigenvalue weighted by atomic mass is 9.87. The van der Waals surface area contributed by atoms with E-state index in [2.05, 4.69) is 18.3 Å². The summed E-state index contributed by atoms with van der Waals surface area (Å²) in [7, 11) is 0. The number of nitrogens with one attached hydrogen (secondary N) is 1. The molecular weight excluding hydrogens is 446 g/mol. The zero-order valence-electron chi connectivity index (χ0n) is 22.0. The van der Waals surface area contributed by atoms with E-state index in [0.29, 0.717) is 31.3 Å². The molecule has 0 saturated carbocycles. The van der Waals surface area contributed by atoms with Crippen molar-refractivity contribution in [3.05, 3.63) is 36.0 Å². The van der Waals surface area contributed by atoms with Crippen LogP contribution in [0.2, 0.25) is 0 Å². The molecule has 3 rings (SSSR count). The van der Waals surface area contributed by atoms with Gasteiger partial charge in [-0.3, -0.25) is 9.59 Å². The largest absolute Gasteiger partial charge is 0.387 e. The second-order valence-electron chi connectivity index (χ2n) is 11.0. The standard InChI is InChI=1S/C28H43NO6/c1-17(2)7-12-26(31)29-23-13-19(4)24(34-21(23)6)10-8-18(3)9-11-25-27(32)28(16-33-28)15-22(35-25)14-20(5)30/h7-9,11-12,17,19,21-25,27,32H,10,13-16H2,1-6H3,(H,29,31)/b11-9+,12-7-,18-8+/t19-,21+,22+,23+,24-,25+,27+,28+/m0/s1. The average Bonchev–Trinajstić information content (AvgIpc) is 3.54. The Morgan fingerprint density at radius 1 is 1.17 bits per heavy atom. The molecule has 1 spiro atoms. The molecule has 8 atom stereocenters. The van der Waals surface area contributed by atoms with E-state index in [1.807, 2.05) is 45.9 Å². The third-order valence-corrected chi connectivity index (χ3v) is 7.20. The fourth-order valence-corrected chi connectivity index (χ4v) is 4.96. The van der Waals surface area contributed by atoms with Crippen molar-refractivity contribution >= 4 is 11.7 Å². The number of amides is 1. The minimum atomic E-state index is -0.736. The van der Waals surface area contributed by atoms with Crippen LogP contribution in [-0.4, -0.2) is 65.6 Å². The maximum absolute atomic E-state index is 12.2. The molecule has 0 radical (unpaired) electrons. The van der Waals surface area contributed by atoms with Crippen LogP contribution >= 0.6 is 0 Å². The van der Waals surface area contributed by atoms with E-state index in [9.17, 15) is 14.7 Å². The van der Waals surface area contributed by atoms with Gasteiger partial charge < -0.3 is 24.6 Å². The number of carbonyl (C=O) groups excluding carboxylic acids is 2. The summed E-state index contributed by atoms with van der Waals surface area (Å²) < 4.78 is 17.8. The van der Waals surface area contributed by atoms with Gasteiger partial charge in [0, 0.05) is 12.8 Å². The van der Waals surface area contributed by atoms with Gasteiger partial charge in [0.25, 0.3) is 0 Å². The van der Waals surface area contributed by atoms with E-state index in [0.717, 1.165) is 18.4 Å². The van der Waals surface area contributed by atoms with Crippen LogP contribution in [0.1, 0.15) is 67.2 Å². The zero-order chi connectivity index (χ0) is 25.8. The van der Waals surface area contributed by atoms with E-state index in [1.165, 1.54) is 0 Å². The highest BCUT2D eigenvalue weighted by Gasteiger charge is 2.58. The van der Waals surface area contributed by atoms with Gasteiger partial charge in [0.05, 0.1) is 31.0 Å². The maximum Gasteiger partial charge on any atom is 0.243 e. The lowest BCUT2D eigenvalue weighted by Gasteiger charge is -2.39. The summed E-state index contributed by atoms with van der Waals surface area (Å²) in [6, 6.07) is 0.000356. The van der Waals surface area contributed by atoms with Gasteiger partial charge in [0.15, 0.2) is 0 Å². The first-order valence-corrected chi connectivity index (χ1v) is 12.9. The minimum Gasteiger partial charge on any atom is -0.387 e. The van der Waals surface area contributed by atoms with Crippen molar-refractivity contribution in [3.63, 3.8) is 0 Å². The highest BCUT2D eigenvalue weighted by Crippen LogP contribution is 2.43. The van der Waals surface area contributed by atoms with Crippen LogP contribution in [-0.2, 0) is 23.8 Å². The number of ketones is 1. The second kappa shape index (κ2) is 12.0. The summed E-state index contributed by atoms with van der Waals surface area (Å²) >= 11 is 0. The summed E-state index contributed by atoms with van der Waals surface area (Å²) in [5.74, 6) is 0.653. The third-order valence-electron chi connectivity index (χ3n) is 7.20. The van der Waals surface area contributed by atoms with E-state index in [4.69, 9.17) is 14.2 Å². The number of Topliss-reactive ketones (excluding diaryl/α,β-unsaturated/α-hetero) is 1. The van der Waals surface area contributed by atoms with Gasteiger partial charge >= 0.3 is 0 Å². The van der Waals surface area contributed by atoms with Crippen LogP contribution in [0.4, 0.5) is 0 Å². The van der Waals surface area contributed by atoms with E-state index in [-0.39, 0.29) is 36.0 Å². The van der Waals surface area contributed by atoms with Crippen molar-refractivity contribution in [2.45, 2.75) is 109 Å². The van der Waals surface area contributed by atoms with Gasteiger partial charge in [0.2, 0.25) is 5.91 Å². The number of aliphatic hydroxyl groups is 1. The molecule has 1 amide bonds. The van der Waals surface area contributed by atoms with Crippen LogP contribution in [0.5, 0.6) is 0 Å². The topological polar surface area (TPSA) is 97.4 Å². The SMILES string of the molecule is CC(=O)C[C@@H]1C[C@@]2(CO2)[C@H](O)[C@@H](/C=C/C(C)=C/C[C@@H]2O[C@H](C)[C@H](NC(=O)/C=C\C(C)C)C[C@@H]2C)O1. The molecule has 3 heterocycles. The van der Waals surface area contributed by atoms with Crippen LogP contribution in [0, 0.1) is 11.8 Å². The number of rotatable bonds is 9. The number of hydrogen-bond donors (Lipinski definition) is 2. The van der Waals surface area contributed by atoms with E-state index >= 15 is 0 Å². The number of ether oxygens (including phenoxy) is 3. The van der Waals surface area contributed by atoms with Crippen molar-refractivity contribution in [3.8, 4) is 0 Å². The molecule has 7 heteroatoms. The van der Waals surface area contributed by atoms with Gasteiger partial charge in [-0.05, 0) is 51.5 Å². The summed E-state index contributed by atoms with van der Waals surface area (Å²) in [5.41, 5.74) is 0.487. The molecule has 3 fully saturated rings. The van der Waals surface area contributed by atoms with Crippen LogP contribution in [0.3, 0.4) is 0 Å². The minimum absolute atomic E-state index is 0.000356. The van der Waals surface area contributed by atoms with Gasteiger partial charge in [-0.1, -0.05) is 50.6 Å². The molecule has 3 aliphatic rings. The Labute approximate surface area is 210 Å². The Morgan fingerprint density at radius 3 is 2.51 bits per heavy atom. The lowest BCUT2D eigenvalue weighted by Crippen LogP contribution is -2.50. The fraction of sp³-hybridized carbons (Fsp3) is 0.714. The Balaban J connectivity index is 1.52. The highest BCUT2D eigenvalue weighted by molar-refractivity contribution is 5.87. The Bertz CT molecular complexity index is 842. The third kappa shape index (κ3) is 7.84. The normalized spacial score (nSPS) is 37.9. The Morgan fingerprint density at radius 2 is 1.89 bits per heavy atom. The predicted molar refractivity (Wildman–Crippen MR) is 135 cm³/mol. The van der Waals surface area contributed by atoms with Crippen LogP contribution in [0.25, 0.3) is 0 Å². The zero-order valence-corrected chi connectivity index (χ0v) is 22.0. The molecule has 196 valence electrons. The molecule has 0 bridgehead atoms. The molecule has 0 unspecified atom stereocenters. The van der Waals surface area contributed by atoms with Gasteiger partial charge in [0.1, 0.15) is 23.6 Å². The maximum atomic E-state index is 12.2. The van der Waals surface area contributed by atoms with Gasteiger partial charge in [-0.2, -0.15) is 0 Å². The number of hydrogen-bond acceptors (Lipinski definition) is 6. The van der Waals surface area contributed by atoms with Gasteiger partial charge in [-0.15, -0.1) is 0 Å². The second-order valence-corrected chi connectivity index (χ2v) is 11.0. The average molecular weight is 490 g/mol. The Hall–Kier alpha value is -1.80.